The SMILES string of the molecule is CCC(CC)n1c(SCC(=O)O)nc2c(Cl)cccc21. The summed E-state index contributed by atoms with van der Waals surface area (Å²) < 4.78 is 2.12. The average molecular weight is 313 g/mol. The number of carboxylic acids is 1. The van der Waals surface area contributed by atoms with Crippen molar-refractivity contribution in [2.75, 3.05) is 5.75 Å². The zero-order valence-corrected chi connectivity index (χ0v) is 13.0. The van der Waals surface area contributed by atoms with Gasteiger partial charge in [-0.15, -0.1) is 0 Å². The normalized spacial score (nSPS) is 11.4. The van der Waals surface area contributed by atoms with Crippen molar-refractivity contribution in [2.24, 2.45) is 0 Å². The van der Waals surface area contributed by atoms with Crippen LogP contribution < -0.4 is 0 Å². The van der Waals surface area contributed by atoms with E-state index in [9.17, 15) is 4.79 Å². The van der Waals surface area contributed by atoms with Crippen molar-refractivity contribution in [3.05, 3.63) is 23.2 Å². The van der Waals surface area contributed by atoms with E-state index in [4.69, 9.17) is 16.7 Å². The molecule has 0 amide bonds. The Morgan fingerprint density at radius 2 is 2.15 bits per heavy atom. The molecule has 0 saturated heterocycles. The minimum Gasteiger partial charge on any atom is -0.481 e. The van der Waals surface area contributed by atoms with Gasteiger partial charge < -0.3 is 9.67 Å². The van der Waals surface area contributed by atoms with E-state index in [2.05, 4.69) is 23.4 Å². The molecule has 0 spiro atoms. The predicted octanol–water partition coefficient (Wildman–Crippen LogP) is 4.23. The first-order valence-electron chi connectivity index (χ1n) is 6.59. The minimum absolute atomic E-state index is 0.00108. The second kappa shape index (κ2) is 6.50. The highest BCUT2D eigenvalue weighted by atomic mass is 35.5. The Hall–Kier alpha value is -1.20. The molecule has 2 aromatic rings. The maximum absolute atomic E-state index is 10.8. The van der Waals surface area contributed by atoms with E-state index < -0.39 is 5.97 Å². The number of rotatable bonds is 6. The number of fused-ring (bicyclic) bond motifs is 1. The monoisotopic (exact) mass is 312 g/mol. The highest BCUT2D eigenvalue weighted by Gasteiger charge is 2.19. The van der Waals surface area contributed by atoms with Crippen molar-refractivity contribution in [3.63, 3.8) is 0 Å². The zero-order chi connectivity index (χ0) is 14.7. The molecule has 0 radical (unpaired) electrons. The van der Waals surface area contributed by atoms with Crippen LogP contribution in [0.5, 0.6) is 0 Å². The maximum Gasteiger partial charge on any atom is 0.313 e. The lowest BCUT2D eigenvalue weighted by Gasteiger charge is -2.18. The molecule has 0 aliphatic carbocycles. The Labute approximate surface area is 127 Å². The van der Waals surface area contributed by atoms with Crippen LogP contribution >= 0.6 is 23.4 Å². The molecule has 0 aliphatic rings. The number of thioether (sulfide) groups is 1. The van der Waals surface area contributed by atoms with Gasteiger partial charge in [0.25, 0.3) is 0 Å². The first-order chi connectivity index (χ1) is 9.58. The van der Waals surface area contributed by atoms with E-state index in [1.165, 1.54) is 11.8 Å². The Morgan fingerprint density at radius 1 is 1.45 bits per heavy atom. The fourth-order valence-electron chi connectivity index (χ4n) is 2.30. The molecule has 0 atom stereocenters. The van der Waals surface area contributed by atoms with Crippen LogP contribution in [0.25, 0.3) is 11.0 Å². The molecule has 4 nitrogen and oxygen atoms in total. The van der Waals surface area contributed by atoms with Crippen LogP contribution in [0.4, 0.5) is 0 Å². The highest BCUT2D eigenvalue weighted by molar-refractivity contribution is 7.99. The zero-order valence-electron chi connectivity index (χ0n) is 11.5. The highest BCUT2D eigenvalue weighted by Crippen LogP contribution is 2.33. The number of aliphatic carboxylic acids is 1. The number of carbonyl (C=O) groups is 1. The lowest BCUT2D eigenvalue weighted by atomic mass is 10.1. The molecule has 1 heterocycles. The number of halogens is 1. The lowest BCUT2D eigenvalue weighted by molar-refractivity contribution is -0.133. The van der Waals surface area contributed by atoms with E-state index in [1.807, 2.05) is 12.1 Å². The van der Waals surface area contributed by atoms with Gasteiger partial charge in [0.2, 0.25) is 0 Å². The van der Waals surface area contributed by atoms with Gasteiger partial charge >= 0.3 is 5.97 Å². The number of nitrogens with zero attached hydrogens (tertiary/aromatic N) is 2. The molecule has 1 aromatic carbocycles. The van der Waals surface area contributed by atoms with Gasteiger partial charge in [0, 0.05) is 6.04 Å². The fourth-order valence-corrected chi connectivity index (χ4v) is 3.30. The third-order valence-electron chi connectivity index (χ3n) is 3.27. The van der Waals surface area contributed by atoms with Gasteiger partial charge in [0.05, 0.1) is 16.3 Å². The summed E-state index contributed by atoms with van der Waals surface area (Å²) in [4.78, 5) is 15.3. The summed E-state index contributed by atoms with van der Waals surface area (Å²) in [6.07, 6.45) is 1.93. The average Bonchev–Trinajstić information content (AvgIpc) is 2.79. The van der Waals surface area contributed by atoms with Gasteiger partial charge in [0.1, 0.15) is 5.52 Å². The Balaban J connectivity index is 2.56. The largest absolute Gasteiger partial charge is 0.481 e. The second-order valence-corrected chi connectivity index (χ2v) is 5.87. The Kier molecular flexibility index (Phi) is 4.94. The van der Waals surface area contributed by atoms with Crippen LogP contribution in [0.2, 0.25) is 5.02 Å². The molecule has 0 saturated carbocycles. The molecule has 6 heteroatoms. The maximum atomic E-state index is 10.8. The summed E-state index contributed by atoms with van der Waals surface area (Å²) in [6.45, 7) is 4.24. The summed E-state index contributed by atoms with van der Waals surface area (Å²) in [7, 11) is 0. The van der Waals surface area contributed by atoms with E-state index in [0.29, 0.717) is 11.1 Å². The van der Waals surface area contributed by atoms with E-state index in [1.54, 1.807) is 6.07 Å². The van der Waals surface area contributed by atoms with Crippen molar-refractivity contribution >= 4 is 40.4 Å². The molecule has 2 rings (SSSR count). The molecule has 0 unspecified atom stereocenters. The second-order valence-electron chi connectivity index (χ2n) is 4.52. The van der Waals surface area contributed by atoms with Crippen LogP contribution in [0.15, 0.2) is 23.4 Å². The topological polar surface area (TPSA) is 55.1 Å². The third-order valence-corrected chi connectivity index (χ3v) is 4.51. The fraction of sp³-hybridized carbons (Fsp3) is 0.429. The number of para-hydroxylation sites is 1. The number of hydrogen-bond donors (Lipinski definition) is 1. The molecular weight excluding hydrogens is 296 g/mol. The molecule has 0 bridgehead atoms. The summed E-state index contributed by atoms with van der Waals surface area (Å²) in [5, 5.41) is 10.2. The molecular formula is C14H17ClN2O2S. The van der Waals surface area contributed by atoms with Gasteiger partial charge in [-0.1, -0.05) is 43.3 Å². The molecule has 1 aromatic heterocycles. The number of carboxylic acid groups (broad SMARTS) is 1. The third kappa shape index (κ3) is 2.94. The van der Waals surface area contributed by atoms with Crippen molar-refractivity contribution in [3.8, 4) is 0 Å². The first-order valence-corrected chi connectivity index (χ1v) is 7.95. The Morgan fingerprint density at radius 3 is 2.75 bits per heavy atom. The molecule has 0 aliphatic heterocycles. The van der Waals surface area contributed by atoms with Crippen molar-refractivity contribution in [2.45, 2.75) is 37.9 Å². The standard InChI is InChI=1S/C14H17ClN2O2S/c1-3-9(4-2)17-11-7-5-6-10(15)13(11)16-14(17)20-8-12(18)19/h5-7,9H,3-4,8H2,1-2H3,(H,18,19). The summed E-state index contributed by atoms with van der Waals surface area (Å²) in [6, 6.07) is 5.99. The van der Waals surface area contributed by atoms with E-state index in [0.717, 1.165) is 29.0 Å². The number of aromatic nitrogens is 2. The van der Waals surface area contributed by atoms with Crippen LogP contribution in [0, 0.1) is 0 Å². The number of hydrogen-bond acceptors (Lipinski definition) is 3. The number of benzene rings is 1. The van der Waals surface area contributed by atoms with Gasteiger partial charge in [0.15, 0.2) is 5.16 Å². The quantitative estimate of drug-likeness (QED) is 0.811. The Bertz CT molecular complexity index is 623. The summed E-state index contributed by atoms with van der Waals surface area (Å²) >= 11 is 7.44. The van der Waals surface area contributed by atoms with Gasteiger partial charge in [-0.2, -0.15) is 0 Å². The first kappa shape index (κ1) is 15.2. The van der Waals surface area contributed by atoms with Crippen LogP contribution in [0.3, 0.4) is 0 Å². The van der Waals surface area contributed by atoms with Crippen molar-refractivity contribution < 1.29 is 9.90 Å². The summed E-state index contributed by atoms with van der Waals surface area (Å²) in [5.74, 6) is -0.842. The van der Waals surface area contributed by atoms with E-state index >= 15 is 0 Å². The van der Waals surface area contributed by atoms with Gasteiger partial charge in [-0.25, -0.2) is 4.98 Å². The van der Waals surface area contributed by atoms with Gasteiger partial charge in [-0.05, 0) is 25.0 Å². The number of imidazole rings is 1. The predicted molar refractivity (Wildman–Crippen MR) is 82.7 cm³/mol. The molecule has 0 fully saturated rings. The molecule has 1 N–H and O–H groups in total. The minimum atomic E-state index is -0.843. The van der Waals surface area contributed by atoms with Crippen molar-refractivity contribution in [1.82, 2.24) is 9.55 Å². The van der Waals surface area contributed by atoms with Gasteiger partial charge in [-0.3, -0.25) is 4.79 Å². The van der Waals surface area contributed by atoms with Crippen LogP contribution in [-0.4, -0.2) is 26.4 Å². The summed E-state index contributed by atoms with van der Waals surface area (Å²) in [5.41, 5.74) is 1.72. The van der Waals surface area contributed by atoms with Crippen molar-refractivity contribution in [1.29, 1.82) is 0 Å². The van der Waals surface area contributed by atoms with Crippen LogP contribution in [-0.2, 0) is 4.79 Å². The van der Waals surface area contributed by atoms with E-state index in [-0.39, 0.29) is 5.75 Å². The molecule has 108 valence electrons. The lowest BCUT2D eigenvalue weighted by Crippen LogP contribution is -2.09. The van der Waals surface area contributed by atoms with Crippen LogP contribution in [0.1, 0.15) is 32.7 Å². The molecule has 20 heavy (non-hydrogen) atoms. The smallest absolute Gasteiger partial charge is 0.313 e.